The quantitative estimate of drug-likeness (QED) is 0.788. The van der Waals surface area contributed by atoms with E-state index in [0.29, 0.717) is 11.2 Å². The Balaban J connectivity index is 2.10. The van der Waals surface area contributed by atoms with Crippen LogP contribution < -0.4 is 4.72 Å². The molecule has 0 fully saturated rings. The number of anilines is 1. The minimum Gasteiger partial charge on any atom is -0.277 e. The maximum atomic E-state index is 12.5. The number of aryl methyl sites for hydroxylation is 1. The van der Waals surface area contributed by atoms with Gasteiger partial charge in [0.25, 0.3) is 10.0 Å². The lowest BCUT2D eigenvalue weighted by molar-refractivity contribution is 0.601. The summed E-state index contributed by atoms with van der Waals surface area (Å²) in [4.78, 5) is 4.46. The van der Waals surface area contributed by atoms with Crippen molar-refractivity contribution < 1.29 is 8.42 Å². The van der Waals surface area contributed by atoms with E-state index in [1.165, 1.54) is 6.07 Å². The number of fused-ring (bicyclic) bond motifs is 1. The molecule has 0 atom stereocenters. The van der Waals surface area contributed by atoms with E-state index < -0.39 is 10.0 Å². The van der Waals surface area contributed by atoms with Gasteiger partial charge in [-0.05, 0) is 31.2 Å². The Bertz CT molecular complexity index is 955. The van der Waals surface area contributed by atoms with Gasteiger partial charge >= 0.3 is 0 Å². The molecule has 1 N–H and O–H groups in total. The minimum atomic E-state index is -3.77. The van der Waals surface area contributed by atoms with Crippen LogP contribution in [-0.4, -0.2) is 13.4 Å². The number of hydrogen-bond donors (Lipinski definition) is 1. The first-order valence-corrected chi connectivity index (χ1v) is 8.47. The zero-order chi connectivity index (χ0) is 15.7. The highest BCUT2D eigenvalue weighted by Crippen LogP contribution is 2.27. The van der Waals surface area contributed by atoms with Gasteiger partial charge in [0.05, 0.1) is 16.2 Å². The van der Waals surface area contributed by atoms with Crippen molar-refractivity contribution in [2.75, 3.05) is 4.72 Å². The van der Waals surface area contributed by atoms with Gasteiger partial charge in [0.2, 0.25) is 0 Å². The van der Waals surface area contributed by atoms with E-state index in [9.17, 15) is 8.42 Å². The van der Waals surface area contributed by atoms with Gasteiger partial charge in [0.1, 0.15) is 4.90 Å². The Morgan fingerprint density at radius 1 is 1.00 bits per heavy atom. The second-order valence-electron chi connectivity index (χ2n) is 4.87. The van der Waals surface area contributed by atoms with Crippen LogP contribution >= 0.6 is 11.6 Å². The molecule has 0 radical (unpaired) electrons. The molecule has 0 saturated heterocycles. The van der Waals surface area contributed by atoms with Crippen molar-refractivity contribution in [1.82, 2.24) is 4.98 Å². The molecule has 0 aliphatic heterocycles. The average molecular weight is 333 g/mol. The normalized spacial score (nSPS) is 11.5. The zero-order valence-corrected chi connectivity index (χ0v) is 13.3. The average Bonchev–Trinajstić information content (AvgIpc) is 2.48. The van der Waals surface area contributed by atoms with Gasteiger partial charge in [-0.1, -0.05) is 41.9 Å². The van der Waals surface area contributed by atoms with Crippen molar-refractivity contribution in [3.63, 3.8) is 0 Å². The van der Waals surface area contributed by atoms with Crippen LogP contribution in [0.5, 0.6) is 0 Å². The first-order valence-electron chi connectivity index (χ1n) is 6.61. The maximum Gasteiger partial charge on any atom is 0.263 e. The number of nitrogens with zero attached hydrogens (tertiary/aromatic N) is 1. The number of nitrogens with one attached hydrogen (secondary N) is 1. The van der Waals surface area contributed by atoms with Crippen LogP contribution in [0.1, 0.15) is 5.69 Å². The molecule has 3 rings (SSSR count). The van der Waals surface area contributed by atoms with Gasteiger partial charge in [-0.3, -0.25) is 9.71 Å². The van der Waals surface area contributed by atoms with Crippen molar-refractivity contribution in [2.24, 2.45) is 0 Å². The summed E-state index contributed by atoms with van der Waals surface area (Å²) in [6.45, 7) is 1.86. The molecule has 3 aromatic rings. The molecule has 0 spiro atoms. The molecule has 0 aliphatic carbocycles. The first kappa shape index (κ1) is 14.8. The summed E-state index contributed by atoms with van der Waals surface area (Å²) in [5.74, 6) is 0. The molecule has 0 saturated carbocycles. The molecule has 0 amide bonds. The summed E-state index contributed by atoms with van der Waals surface area (Å²) in [7, 11) is -3.77. The van der Waals surface area contributed by atoms with Gasteiger partial charge in [-0.25, -0.2) is 8.42 Å². The molecule has 112 valence electrons. The number of para-hydroxylation sites is 1. The SMILES string of the molecule is Cc1ccc2cccc(NS(=O)(=O)c3ccccc3Cl)c2n1. The van der Waals surface area contributed by atoms with Crippen molar-refractivity contribution in [2.45, 2.75) is 11.8 Å². The molecule has 0 aliphatic rings. The number of hydrogen-bond acceptors (Lipinski definition) is 3. The molecule has 2 aromatic carbocycles. The largest absolute Gasteiger partial charge is 0.277 e. The zero-order valence-electron chi connectivity index (χ0n) is 11.7. The van der Waals surface area contributed by atoms with Gasteiger partial charge < -0.3 is 0 Å². The van der Waals surface area contributed by atoms with Crippen molar-refractivity contribution in [3.8, 4) is 0 Å². The van der Waals surface area contributed by atoms with E-state index in [2.05, 4.69) is 9.71 Å². The number of benzene rings is 2. The second kappa shape index (κ2) is 5.59. The van der Waals surface area contributed by atoms with Gasteiger partial charge in [0.15, 0.2) is 0 Å². The summed E-state index contributed by atoms with van der Waals surface area (Å²) in [6, 6.07) is 15.5. The van der Waals surface area contributed by atoms with E-state index in [0.717, 1.165) is 11.1 Å². The minimum absolute atomic E-state index is 0.0429. The highest BCUT2D eigenvalue weighted by molar-refractivity contribution is 7.92. The second-order valence-corrected chi connectivity index (χ2v) is 6.92. The van der Waals surface area contributed by atoms with Crippen LogP contribution in [0.2, 0.25) is 5.02 Å². The Kier molecular flexibility index (Phi) is 3.76. The Morgan fingerprint density at radius 3 is 2.55 bits per heavy atom. The third kappa shape index (κ3) is 2.77. The number of sulfonamides is 1. The molecule has 22 heavy (non-hydrogen) atoms. The van der Waals surface area contributed by atoms with E-state index in [4.69, 9.17) is 11.6 Å². The fraction of sp³-hybridized carbons (Fsp3) is 0.0625. The Morgan fingerprint density at radius 2 is 1.77 bits per heavy atom. The fourth-order valence-corrected chi connectivity index (χ4v) is 3.78. The number of rotatable bonds is 3. The number of pyridine rings is 1. The van der Waals surface area contributed by atoms with Crippen LogP contribution in [0.4, 0.5) is 5.69 Å². The number of aromatic nitrogens is 1. The lowest BCUT2D eigenvalue weighted by Crippen LogP contribution is -2.14. The molecule has 1 heterocycles. The Labute approximate surface area is 133 Å². The predicted molar refractivity (Wildman–Crippen MR) is 88.7 cm³/mol. The fourth-order valence-electron chi connectivity index (χ4n) is 2.19. The highest BCUT2D eigenvalue weighted by Gasteiger charge is 2.18. The summed E-state index contributed by atoms with van der Waals surface area (Å²) < 4.78 is 27.6. The molecule has 0 bridgehead atoms. The van der Waals surface area contributed by atoms with E-state index in [1.807, 2.05) is 25.1 Å². The molecular weight excluding hydrogens is 320 g/mol. The molecule has 1 aromatic heterocycles. The van der Waals surface area contributed by atoms with Crippen molar-refractivity contribution >= 4 is 38.2 Å². The van der Waals surface area contributed by atoms with Crippen LogP contribution in [0.3, 0.4) is 0 Å². The topological polar surface area (TPSA) is 59.1 Å². The van der Waals surface area contributed by atoms with E-state index in [-0.39, 0.29) is 9.92 Å². The maximum absolute atomic E-state index is 12.5. The predicted octanol–water partition coefficient (Wildman–Crippen LogP) is 4.00. The number of halogens is 1. The van der Waals surface area contributed by atoms with Crippen LogP contribution in [0, 0.1) is 6.92 Å². The van der Waals surface area contributed by atoms with E-state index in [1.54, 1.807) is 30.3 Å². The molecular formula is C16H13ClN2O2S. The summed E-state index contributed by atoms with van der Waals surface area (Å²) >= 11 is 5.98. The lowest BCUT2D eigenvalue weighted by Gasteiger charge is -2.11. The summed E-state index contributed by atoms with van der Waals surface area (Å²) in [6.07, 6.45) is 0. The van der Waals surface area contributed by atoms with Crippen molar-refractivity contribution in [3.05, 3.63) is 65.3 Å². The third-order valence-electron chi connectivity index (χ3n) is 3.23. The lowest BCUT2D eigenvalue weighted by atomic mass is 10.2. The van der Waals surface area contributed by atoms with Crippen LogP contribution in [0.15, 0.2) is 59.5 Å². The monoisotopic (exact) mass is 332 g/mol. The van der Waals surface area contributed by atoms with Gasteiger partial charge in [-0.15, -0.1) is 0 Å². The van der Waals surface area contributed by atoms with Crippen LogP contribution in [0.25, 0.3) is 10.9 Å². The highest BCUT2D eigenvalue weighted by atomic mass is 35.5. The van der Waals surface area contributed by atoms with Gasteiger partial charge in [-0.2, -0.15) is 0 Å². The van der Waals surface area contributed by atoms with Crippen molar-refractivity contribution in [1.29, 1.82) is 0 Å². The molecule has 0 unspecified atom stereocenters. The summed E-state index contributed by atoms with van der Waals surface area (Å²) in [5.41, 5.74) is 1.86. The molecule has 6 heteroatoms. The van der Waals surface area contributed by atoms with Gasteiger partial charge in [0, 0.05) is 11.1 Å². The van der Waals surface area contributed by atoms with Crippen LogP contribution in [-0.2, 0) is 10.0 Å². The molecule has 4 nitrogen and oxygen atoms in total. The standard InChI is InChI=1S/C16H13ClN2O2S/c1-11-9-10-12-5-4-7-14(16(12)18-11)19-22(20,21)15-8-3-2-6-13(15)17/h2-10,19H,1H3. The first-order chi connectivity index (χ1) is 10.5. The van der Waals surface area contributed by atoms with E-state index >= 15 is 0 Å². The Hall–Kier alpha value is -2.11. The smallest absolute Gasteiger partial charge is 0.263 e. The third-order valence-corrected chi connectivity index (χ3v) is 5.10. The summed E-state index contributed by atoms with van der Waals surface area (Å²) in [5, 5.41) is 1.05.